The van der Waals surface area contributed by atoms with E-state index in [1.807, 2.05) is 0 Å². The summed E-state index contributed by atoms with van der Waals surface area (Å²) >= 11 is 0. The number of hydrogen-bond donors (Lipinski definition) is 2. The van der Waals surface area contributed by atoms with E-state index < -0.39 is 0 Å². The molecule has 0 spiro atoms. The van der Waals surface area contributed by atoms with Crippen molar-refractivity contribution in [3.05, 3.63) is 0 Å². The second kappa shape index (κ2) is 9.83. The molecular formula is C13H29N3O. The fraction of sp³-hybridized carbons (Fsp3) is 1.00. The highest BCUT2D eigenvalue weighted by molar-refractivity contribution is 4.71. The van der Waals surface area contributed by atoms with E-state index in [2.05, 4.69) is 9.80 Å². The first kappa shape index (κ1) is 14.9. The molecule has 1 saturated heterocycles. The van der Waals surface area contributed by atoms with Gasteiger partial charge >= 0.3 is 0 Å². The topological polar surface area (TPSA) is 52.7 Å². The van der Waals surface area contributed by atoms with Gasteiger partial charge in [0, 0.05) is 32.8 Å². The molecule has 0 aliphatic carbocycles. The van der Waals surface area contributed by atoms with Crippen molar-refractivity contribution >= 4 is 0 Å². The minimum atomic E-state index is 0.342. The molecule has 0 aromatic carbocycles. The zero-order valence-corrected chi connectivity index (χ0v) is 11.1. The molecule has 3 N–H and O–H groups in total. The summed E-state index contributed by atoms with van der Waals surface area (Å²) in [4.78, 5) is 5.11. The van der Waals surface area contributed by atoms with E-state index in [1.165, 1.54) is 52.1 Å². The number of nitrogens with zero attached hydrogens (tertiary/aromatic N) is 2. The van der Waals surface area contributed by atoms with Crippen LogP contribution < -0.4 is 5.73 Å². The van der Waals surface area contributed by atoms with Crippen LogP contribution in [0.1, 0.15) is 32.1 Å². The van der Waals surface area contributed by atoms with Crippen molar-refractivity contribution in [3.8, 4) is 0 Å². The van der Waals surface area contributed by atoms with Crippen LogP contribution in [-0.4, -0.2) is 67.3 Å². The molecule has 1 rings (SSSR count). The lowest BCUT2D eigenvalue weighted by molar-refractivity contribution is 0.129. The van der Waals surface area contributed by atoms with E-state index >= 15 is 0 Å². The summed E-state index contributed by atoms with van der Waals surface area (Å²) in [7, 11) is 0. The van der Waals surface area contributed by atoms with Crippen LogP contribution in [0.4, 0.5) is 0 Å². The predicted molar refractivity (Wildman–Crippen MR) is 72.1 cm³/mol. The summed E-state index contributed by atoms with van der Waals surface area (Å²) in [5, 5.41) is 8.71. The quantitative estimate of drug-likeness (QED) is 0.579. The predicted octanol–water partition coefficient (Wildman–Crippen LogP) is 0.506. The fourth-order valence-electron chi connectivity index (χ4n) is 2.34. The molecule has 0 aromatic rings. The van der Waals surface area contributed by atoms with Crippen molar-refractivity contribution in [3.63, 3.8) is 0 Å². The van der Waals surface area contributed by atoms with Gasteiger partial charge in [0.2, 0.25) is 0 Å². The van der Waals surface area contributed by atoms with E-state index in [0.29, 0.717) is 6.61 Å². The Hall–Kier alpha value is -0.160. The van der Waals surface area contributed by atoms with Gasteiger partial charge in [-0.3, -0.25) is 0 Å². The molecule has 1 aliphatic rings. The Morgan fingerprint density at radius 3 is 1.76 bits per heavy atom. The Balaban J connectivity index is 1.97. The van der Waals surface area contributed by atoms with Crippen molar-refractivity contribution in [1.29, 1.82) is 0 Å². The first-order valence-corrected chi connectivity index (χ1v) is 7.12. The molecule has 1 aliphatic heterocycles. The number of nitrogens with two attached hydrogens (primary N) is 1. The van der Waals surface area contributed by atoms with Gasteiger partial charge < -0.3 is 20.6 Å². The average Bonchev–Trinajstić information content (AvgIpc) is 2.37. The maximum atomic E-state index is 8.71. The summed E-state index contributed by atoms with van der Waals surface area (Å²) in [5.74, 6) is 0. The van der Waals surface area contributed by atoms with Gasteiger partial charge in [0.25, 0.3) is 0 Å². The number of aliphatic hydroxyl groups is 1. The van der Waals surface area contributed by atoms with Gasteiger partial charge in [-0.1, -0.05) is 0 Å². The van der Waals surface area contributed by atoms with Crippen molar-refractivity contribution in [2.24, 2.45) is 5.73 Å². The number of piperazine rings is 1. The maximum absolute atomic E-state index is 8.71. The average molecular weight is 243 g/mol. The molecule has 4 heteroatoms. The standard InChI is InChI=1S/C13H29N3O/c14-6-2-4-8-16-11-9-15(10-12-16)7-3-1-5-13-17/h17H,1-14H2. The van der Waals surface area contributed by atoms with Gasteiger partial charge in [-0.05, 0) is 51.7 Å². The van der Waals surface area contributed by atoms with Gasteiger partial charge in [0.1, 0.15) is 0 Å². The number of hydrogen-bond acceptors (Lipinski definition) is 4. The summed E-state index contributed by atoms with van der Waals surface area (Å²) in [6.07, 6.45) is 5.74. The highest BCUT2D eigenvalue weighted by Gasteiger charge is 2.15. The van der Waals surface area contributed by atoms with Crippen molar-refractivity contribution in [2.45, 2.75) is 32.1 Å². The van der Waals surface area contributed by atoms with Crippen LogP contribution in [-0.2, 0) is 0 Å². The Bertz CT molecular complexity index is 170. The highest BCUT2D eigenvalue weighted by Crippen LogP contribution is 2.05. The Morgan fingerprint density at radius 2 is 1.29 bits per heavy atom. The summed E-state index contributed by atoms with van der Waals surface area (Å²) in [6, 6.07) is 0. The molecule has 0 radical (unpaired) electrons. The highest BCUT2D eigenvalue weighted by atomic mass is 16.2. The molecule has 0 unspecified atom stereocenters. The van der Waals surface area contributed by atoms with Crippen molar-refractivity contribution < 1.29 is 5.11 Å². The summed E-state index contributed by atoms with van der Waals surface area (Å²) in [5.41, 5.74) is 5.50. The van der Waals surface area contributed by atoms with Crippen LogP contribution >= 0.6 is 0 Å². The number of rotatable bonds is 9. The molecule has 0 amide bonds. The van der Waals surface area contributed by atoms with Crippen LogP contribution in [0.25, 0.3) is 0 Å². The lowest BCUT2D eigenvalue weighted by atomic mass is 10.2. The van der Waals surface area contributed by atoms with E-state index in [0.717, 1.165) is 25.8 Å². The number of aliphatic hydroxyl groups excluding tert-OH is 1. The second-order valence-electron chi connectivity index (χ2n) is 4.96. The molecule has 0 aromatic heterocycles. The summed E-state index contributed by atoms with van der Waals surface area (Å²) < 4.78 is 0. The van der Waals surface area contributed by atoms with Crippen LogP contribution in [0.5, 0.6) is 0 Å². The van der Waals surface area contributed by atoms with Crippen LogP contribution in [0.15, 0.2) is 0 Å². The number of unbranched alkanes of at least 4 members (excludes halogenated alkanes) is 3. The van der Waals surface area contributed by atoms with E-state index in [9.17, 15) is 0 Å². The molecule has 1 heterocycles. The molecular weight excluding hydrogens is 214 g/mol. The molecule has 1 fully saturated rings. The largest absolute Gasteiger partial charge is 0.396 e. The normalized spacial score (nSPS) is 18.7. The Morgan fingerprint density at radius 1 is 0.765 bits per heavy atom. The van der Waals surface area contributed by atoms with E-state index in [-0.39, 0.29) is 0 Å². The van der Waals surface area contributed by atoms with Gasteiger partial charge in [-0.15, -0.1) is 0 Å². The van der Waals surface area contributed by atoms with Crippen molar-refractivity contribution in [2.75, 3.05) is 52.4 Å². The molecule has 17 heavy (non-hydrogen) atoms. The molecule has 4 nitrogen and oxygen atoms in total. The van der Waals surface area contributed by atoms with Crippen LogP contribution in [0.3, 0.4) is 0 Å². The lowest BCUT2D eigenvalue weighted by Crippen LogP contribution is -2.46. The van der Waals surface area contributed by atoms with Gasteiger partial charge in [-0.2, -0.15) is 0 Å². The van der Waals surface area contributed by atoms with Crippen molar-refractivity contribution in [1.82, 2.24) is 9.80 Å². The van der Waals surface area contributed by atoms with Gasteiger partial charge in [0.05, 0.1) is 0 Å². The monoisotopic (exact) mass is 243 g/mol. The Kier molecular flexibility index (Phi) is 8.61. The fourth-order valence-corrected chi connectivity index (χ4v) is 2.34. The third-order valence-electron chi connectivity index (χ3n) is 3.53. The molecule has 0 atom stereocenters. The van der Waals surface area contributed by atoms with Crippen LogP contribution in [0, 0.1) is 0 Å². The minimum Gasteiger partial charge on any atom is -0.396 e. The SMILES string of the molecule is NCCCCN1CCN(CCCCCO)CC1. The third-order valence-corrected chi connectivity index (χ3v) is 3.53. The molecule has 0 saturated carbocycles. The lowest BCUT2D eigenvalue weighted by Gasteiger charge is -2.34. The van der Waals surface area contributed by atoms with Crippen LogP contribution in [0.2, 0.25) is 0 Å². The minimum absolute atomic E-state index is 0.342. The third kappa shape index (κ3) is 6.99. The molecule has 102 valence electrons. The Labute approximate surface area is 106 Å². The molecule has 0 bridgehead atoms. The zero-order valence-electron chi connectivity index (χ0n) is 11.1. The maximum Gasteiger partial charge on any atom is 0.0431 e. The second-order valence-corrected chi connectivity index (χ2v) is 4.96. The summed E-state index contributed by atoms with van der Waals surface area (Å²) in [6.45, 7) is 8.44. The zero-order chi connectivity index (χ0) is 12.3. The first-order chi connectivity index (χ1) is 8.36. The smallest absolute Gasteiger partial charge is 0.0431 e. The van der Waals surface area contributed by atoms with Gasteiger partial charge in [-0.25, -0.2) is 0 Å². The first-order valence-electron chi connectivity index (χ1n) is 7.12. The van der Waals surface area contributed by atoms with Gasteiger partial charge in [0.15, 0.2) is 0 Å². The van der Waals surface area contributed by atoms with E-state index in [1.54, 1.807) is 0 Å². The van der Waals surface area contributed by atoms with E-state index in [4.69, 9.17) is 10.8 Å².